The lowest BCUT2D eigenvalue weighted by molar-refractivity contribution is -0.115. The maximum Gasteiger partial charge on any atom is 0.251 e. The van der Waals surface area contributed by atoms with Crippen molar-refractivity contribution in [2.24, 2.45) is 0 Å². The highest BCUT2D eigenvalue weighted by atomic mass is 35.5. The van der Waals surface area contributed by atoms with Gasteiger partial charge in [-0.05, 0) is 55.0 Å². The molecule has 3 rings (SSSR count). The number of rotatable bonds is 8. The number of carbonyl (C=O) groups is 2. The van der Waals surface area contributed by atoms with Gasteiger partial charge >= 0.3 is 0 Å². The fourth-order valence-corrected chi connectivity index (χ4v) is 3.21. The van der Waals surface area contributed by atoms with Gasteiger partial charge in [0.2, 0.25) is 5.91 Å². The normalized spacial score (nSPS) is 11.3. The van der Waals surface area contributed by atoms with Crippen molar-refractivity contribution >= 4 is 34.8 Å². The number of carbonyl (C=O) groups excluding carboxylic acids is 2. The first-order chi connectivity index (χ1) is 15.0. The number of nitrogens with one attached hydrogen (secondary N) is 3. The number of benzene rings is 3. The number of amides is 2. The molecule has 0 spiro atoms. The van der Waals surface area contributed by atoms with E-state index in [-0.39, 0.29) is 24.4 Å². The van der Waals surface area contributed by atoms with Gasteiger partial charge in [-0.3, -0.25) is 9.59 Å². The highest BCUT2D eigenvalue weighted by Gasteiger charge is 2.11. The monoisotopic (exact) mass is 437 g/mol. The number of halogens is 1. The van der Waals surface area contributed by atoms with Gasteiger partial charge in [-0.15, -0.1) is 0 Å². The van der Waals surface area contributed by atoms with E-state index in [0.717, 1.165) is 11.3 Å². The van der Waals surface area contributed by atoms with Crippen LogP contribution >= 0.6 is 11.6 Å². The van der Waals surface area contributed by atoms with E-state index >= 15 is 0 Å². The zero-order chi connectivity index (χ0) is 22.2. The second kappa shape index (κ2) is 10.5. The molecule has 0 fully saturated rings. The van der Waals surface area contributed by atoms with Gasteiger partial charge in [-0.1, -0.05) is 41.9 Å². The Morgan fingerprint density at radius 1 is 1.00 bits per heavy atom. The minimum atomic E-state index is -0.351. The molecule has 0 aliphatic heterocycles. The van der Waals surface area contributed by atoms with Crippen molar-refractivity contribution in [3.05, 3.63) is 88.9 Å². The third kappa shape index (κ3) is 6.23. The van der Waals surface area contributed by atoms with Crippen LogP contribution in [0.1, 0.15) is 28.9 Å². The van der Waals surface area contributed by atoms with Crippen LogP contribution in [0.2, 0.25) is 5.02 Å². The van der Waals surface area contributed by atoms with Gasteiger partial charge < -0.3 is 20.7 Å². The van der Waals surface area contributed by atoms with Crippen molar-refractivity contribution in [2.75, 3.05) is 24.3 Å². The van der Waals surface area contributed by atoms with Crippen molar-refractivity contribution in [1.82, 2.24) is 5.32 Å². The fourth-order valence-electron chi connectivity index (χ4n) is 2.98. The Hall–Kier alpha value is -3.51. The first-order valence-electron chi connectivity index (χ1n) is 9.79. The number of hydrogen-bond acceptors (Lipinski definition) is 4. The zero-order valence-corrected chi connectivity index (χ0v) is 18.1. The third-order valence-electron chi connectivity index (χ3n) is 4.69. The Morgan fingerprint density at radius 2 is 1.71 bits per heavy atom. The minimum Gasteiger partial charge on any atom is -0.497 e. The average Bonchev–Trinajstić information content (AvgIpc) is 2.80. The molecule has 0 aromatic heterocycles. The number of ether oxygens (including phenoxy) is 1. The maximum atomic E-state index is 12.2. The summed E-state index contributed by atoms with van der Waals surface area (Å²) in [6.07, 6.45) is 0. The molecule has 7 heteroatoms. The summed E-state index contributed by atoms with van der Waals surface area (Å²) in [6, 6.07) is 22.0. The molecule has 0 heterocycles. The number of anilines is 2. The minimum absolute atomic E-state index is 0.0762. The van der Waals surface area contributed by atoms with E-state index in [1.807, 2.05) is 43.3 Å². The highest BCUT2D eigenvalue weighted by Crippen LogP contribution is 2.29. The van der Waals surface area contributed by atoms with Crippen LogP contribution in [0.5, 0.6) is 5.75 Å². The zero-order valence-electron chi connectivity index (χ0n) is 17.3. The number of methoxy groups -OCH3 is 1. The summed E-state index contributed by atoms with van der Waals surface area (Å²) in [5, 5.41) is 9.18. The third-order valence-corrected chi connectivity index (χ3v) is 5.00. The summed E-state index contributed by atoms with van der Waals surface area (Å²) < 4.78 is 5.06. The topological polar surface area (TPSA) is 79.5 Å². The molecule has 0 radical (unpaired) electrons. The SMILES string of the molecule is COc1ccc(C(=O)NCC(=O)Nc2ccc(NC(C)c3ccccc3)c(Cl)c2)cc1. The molecular formula is C24H24ClN3O3. The van der Waals surface area contributed by atoms with E-state index in [0.29, 0.717) is 22.0 Å². The molecule has 3 aromatic rings. The lowest BCUT2D eigenvalue weighted by Crippen LogP contribution is -2.32. The number of hydrogen-bond donors (Lipinski definition) is 3. The summed E-state index contributed by atoms with van der Waals surface area (Å²) in [4.78, 5) is 24.4. The van der Waals surface area contributed by atoms with Gasteiger partial charge in [0.05, 0.1) is 24.4 Å². The van der Waals surface area contributed by atoms with Gasteiger partial charge in [-0.25, -0.2) is 0 Å². The molecule has 3 N–H and O–H groups in total. The molecule has 1 unspecified atom stereocenters. The fraction of sp³-hybridized carbons (Fsp3) is 0.167. The molecule has 0 aliphatic carbocycles. The van der Waals surface area contributed by atoms with Crippen molar-refractivity contribution in [2.45, 2.75) is 13.0 Å². The predicted molar refractivity (Wildman–Crippen MR) is 124 cm³/mol. The Kier molecular flexibility index (Phi) is 7.51. The van der Waals surface area contributed by atoms with Crippen LogP contribution < -0.4 is 20.7 Å². The second-order valence-electron chi connectivity index (χ2n) is 6.93. The molecule has 0 aliphatic rings. The Morgan fingerprint density at radius 3 is 2.35 bits per heavy atom. The molecule has 6 nitrogen and oxygen atoms in total. The Bertz CT molecular complexity index is 1040. The molecule has 3 aromatic carbocycles. The smallest absolute Gasteiger partial charge is 0.251 e. The highest BCUT2D eigenvalue weighted by molar-refractivity contribution is 6.33. The van der Waals surface area contributed by atoms with Gasteiger partial charge in [0.15, 0.2) is 0 Å². The van der Waals surface area contributed by atoms with Gasteiger partial charge in [0.1, 0.15) is 5.75 Å². The first kappa shape index (κ1) is 22.2. The summed E-state index contributed by atoms with van der Waals surface area (Å²) >= 11 is 6.38. The largest absolute Gasteiger partial charge is 0.497 e. The lowest BCUT2D eigenvalue weighted by Gasteiger charge is -2.17. The molecule has 0 saturated heterocycles. The van der Waals surface area contributed by atoms with Gasteiger partial charge in [-0.2, -0.15) is 0 Å². The summed E-state index contributed by atoms with van der Waals surface area (Å²) in [5.41, 5.74) is 2.90. The van der Waals surface area contributed by atoms with Crippen LogP contribution in [0.3, 0.4) is 0 Å². The molecule has 1 atom stereocenters. The van der Waals surface area contributed by atoms with E-state index < -0.39 is 0 Å². The molecular weight excluding hydrogens is 414 g/mol. The predicted octanol–water partition coefficient (Wildman–Crippen LogP) is 4.89. The summed E-state index contributed by atoms with van der Waals surface area (Å²) in [5.74, 6) is -0.0381. The van der Waals surface area contributed by atoms with E-state index in [1.165, 1.54) is 0 Å². The lowest BCUT2D eigenvalue weighted by atomic mass is 10.1. The first-order valence-corrected chi connectivity index (χ1v) is 10.2. The van der Waals surface area contributed by atoms with Crippen molar-refractivity contribution in [1.29, 1.82) is 0 Å². The molecule has 31 heavy (non-hydrogen) atoms. The van der Waals surface area contributed by atoms with E-state index in [1.54, 1.807) is 43.5 Å². The summed E-state index contributed by atoms with van der Waals surface area (Å²) in [7, 11) is 1.55. The van der Waals surface area contributed by atoms with Crippen molar-refractivity contribution < 1.29 is 14.3 Å². The quantitative estimate of drug-likeness (QED) is 0.468. The van der Waals surface area contributed by atoms with Crippen LogP contribution in [-0.2, 0) is 4.79 Å². The molecule has 160 valence electrons. The van der Waals surface area contributed by atoms with E-state index in [9.17, 15) is 9.59 Å². The van der Waals surface area contributed by atoms with Crippen molar-refractivity contribution in [3.8, 4) is 5.75 Å². The van der Waals surface area contributed by atoms with Crippen LogP contribution in [0.15, 0.2) is 72.8 Å². The molecule has 0 saturated carbocycles. The van der Waals surface area contributed by atoms with E-state index in [2.05, 4.69) is 16.0 Å². The molecule has 2 amide bonds. The van der Waals surface area contributed by atoms with Gasteiger partial charge in [0, 0.05) is 17.3 Å². The second-order valence-corrected chi connectivity index (χ2v) is 7.34. The average molecular weight is 438 g/mol. The van der Waals surface area contributed by atoms with Gasteiger partial charge in [0.25, 0.3) is 5.91 Å². The van der Waals surface area contributed by atoms with E-state index in [4.69, 9.17) is 16.3 Å². The Balaban J connectivity index is 1.53. The van der Waals surface area contributed by atoms with Crippen molar-refractivity contribution in [3.63, 3.8) is 0 Å². The van der Waals surface area contributed by atoms with Crippen LogP contribution in [0.25, 0.3) is 0 Å². The van der Waals surface area contributed by atoms with Crippen LogP contribution in [0, 0.1) is 0 Å². The maximum absolute atomic E-state index is 12.2. The summed E-state index contributed by atoms with van der Waals surface area (Å²) in [6.45, 7) is 1.89. The van der Waals surface area contributed by atoms with Crippen LogP contribution in [0.4, 0.5) is 11.4 Å². The van der Waals surface area contributed by atoms with Crippen LogP contribution in [-0.4, -0.2) is 25.5 Å². The standard InChI is InChI=1S/C24H24ClN3O3/c1-16(17-6-4-3-5-7-17)27-22-13-10-19(14-21(22)25)28-23(29)15-26-24(30)18-8-11-20(31-2)12-9-18/h3-14,16,27H,15H2,1-2H3,(H,26,30)(H,28,29). The molecule has 0 bridgehead atoms. The Labute approximate surface area is 186 Å².